The molecule has 0 aliphatic carbocycles. The molecule has 2 rings (SSSR count). The van der Waals surface area contributed by atoms with Gasteiger partial charge in [0.25, 0.3) is 0 Å². The molecule has 1 unspecified atom stereocenters. The highest BCUT2D eigenvalue weighted by atomic mass is 32.1. The summed E-state index contributed by atoms with van der Waals surface area (Å²) >= 11 is 1.42. The largest absolute Gasteiger partial charge is 0.388 e. The average molecular weight is 266 g/mol. The van der Waals surface area contributed by atoms with Gasteiger partial charge in [-0.2, -0.15) is 0 Å². The second-order valence-electron chi connectivity index (χ2n) is 3.95. The van der Waals surface area contributed by atoms with Crippen LogP contribution in [0, 0.1) is 5.82 Å². The van der Waals surface area contributed by atoms with E-state index in [1.807, 2.05) is 17.9 Å². The van der Waals surface area contributed by atoms with Crippen LogP contribution in [0.3, 0.4) is 0 Å². The molecular weight excluding hydrogens is 251 g/mol. The molecule has 0 aliphatic rings. The highest BCUT2D eigenvalue weighted by Crippen LogP contribution is 2.31. The van der Waals surface area contributed by atoms with Gasteiger partial charge in [0, 0.05) is 18.4 Å². The van der Waals surface area contributed by atoms with E-state index in [0.717, 1.165) is 15.7 Å². The standard InChI is InChI=1S/C13H15FN2OS/c1-3-16(11-6-4-5-10(14)7-11)13-15-8-12(18-13)9(2)17/h4-9,17H,3H2,1-2H3. The van der Waals surface area contributed by atoms with Gasteiger partial charge in [-0.3, -0.25) is 0 Å². The number of aromatic nitrogens is 1. The molecule has 1 aromatic carbocycles. The summed E-state index contributed by atoms with van der Waals surface area (Å²) < 4.78 is 13.2. The Kier molecular flexibility index (Phi) is 3.93. The van der Waals surface area contributed by atoms with Crippen LogP contribution in [-0.2, 0) is 0 Å². The predicted molar refractivity (Wildman–Crippen MR) is 71.8 cm³/mol. The Bertz CT molecular complexity index is 527. The summed E-state index contributed by atoms with van der Waals surface area (Å²) in [5, 5.41) is 10.3. The number of benzene rings is 1. The zero-order valence-corrected chi connectivity index (χ0v) is 11.1. The van der Waals surface area contributed by atoms with Gasteiger partial charge < -0.3 is 10.0 Å². The second-order valence-corrected chi connectivity index (χ2v) is 4.99. The Labute approximate surface area is 110 Å². The summed E-state index contributed by atoms with van der Waals surface area (Å²) in [6.45, 7) is 4.38. The minimum Gasteiger partial charge on any atom is -0.388 e. The van der Waals surface area contributed by atoms with Crippen LogP contribution < -0.4 is 4.90 Å². The third-order valence-corrected chi connectivity index (χ3v) is 3.78. The smallest absolute Gasteiger partial charge is 0.190 e. The van der Waals surface area contributed by atoms with Crippen LogP contribution >= 0.6 is 11.3 Å². The van der Waals surface area contributed by atoms with Crippen molar-refractivity contribution in [3.8, 4) is 0 Å². The minimum absolute atomic E-state index is 0.266. The van der Waals surface area contributed by atoms with Crippen molar-refractivity contribution in [2.24, 2.45) is 0 Å². The number of nitrogens with zero attached hydrogens (tertiary/aromatic N) is 2. The SMILES string of the molecule is CCN(c1cccc(F)c1)c1ncc(C(C)O)s1. The monoisotopic (exact) mass is 266 g/mol. The van der Waals surface area contributed by atoms with Crippen molar-refractivity contribution >= 4 is 22.2 Å². The fourth-order valence-electron chi connectivity index (χ4n) is 1.67. The van der Waals surface area contributed by atoms with E-state index < -0.39 is 6.10 Å². The van der Waals surface area contributed by atoms with Gasteiger partial charge in [-0.25, -0.2) is 9.37 Å². The van der Waals surface area contributed by atoms with Crippen molar-refractivity contribution in [3.05, 3.63) is 41.2 Å². The zero-order valence-electron chi connectivity index (χ0n) is 10.3. The lowest BCUT2D eigenvalue weighted by Gasteiger charge is -2.19. The van der Waals surface area contributed by atoms with E-state index in [2.05, 4.69) is 4.98 Å². The zero-order chi connectivity index (χ0) is 13.1. The van der Waals surface area contributed by atoms with Crippen LogP contribution in [0.2, 0.25) is 0 Å². The Balaban J connectivity index is 2.33. The lowest BCUT2D eigenvalue weighted by molar-refractivity contribution is 0.203. The van der Waals surface area contributed by atoms with Crippen LogP contribution in [0.4, 0.5) is 15.2 Å². The Morgan fingerprint density at radius 1 is 1.50 bits per heavy atom. The van der Waals surface area contributed by atoms with Gasteiger partial charge in [0.2, 0.25) is 0 Å². The quantitative estimate of drug-likeness (QED) is 0.920. The van der Waals surface area contributed by atoms with Crippen LogP contribution in [0.25, 0.3) is 0 Å². The number of halogens is 1. The van der Waals surface area contributed by atoms with Crippen molar-refractivity contribution in [1.82, 2.24) is 4.98 Å². The maximum absolute atomic E-state index is 13.2. The molecular formula is C13H15FN2OS. The molecule has 0 saturated carbocycles. The van der Waals surface area contributed by atoms with Gasteiger partial charge >= 0.3 is 0 Å². The van der Waals surface area contributed by atoms with Crippen LogP contribution in [0.15, 0.2) is 30.5 Å². The summed E-state index contributed by atoms with van der Waals surface area (Å²) in [5.74, 6) is -0.266. The predicted octanol–water partition coefficient (Wildman–Crippen LogP) is 3.49. The first-order chi connectivity index (χ1) is 8.61. The normalized spacial score (nSPS) is 12.4. The second kappa shape index (κ2) is 5.46. The van der Waals surface area contributed by atoms with Gasteiger partial charge in [-0.1, -0.05) is 17.4 Å². The van der Waals surface area contributed by atoms with Crippen molar-refractivity contribution in [1.29, 1.82) is 0 Å². The van der Waals surface area contributed by atoms with Gasteiger partial charge in [-0.05, 0) is 32.0 Å². The topological polar surface area (TPSA) is 36.4 Å². The molecule has 0 bridgehead atoms. The molecule has 1 heterocycles. The van der Waals surface area contributed by atoms with E-state index in [1.54, 1.807) is 19.2 Å². The average Bonchev–Trinajstić information content (AvgIpc) is 2.80. The number of rotatable bonds is 4. The first-order valence-electron chi connectivity index (χ1n) is 5.78. The molecule has 0 fully saturated rings. The van der Waals surface area contributed by atoms with Crippen LogP contribution in [0.5, 0.6) is 0 Å². The summed E-state index contributed by atoms with van der Waals surface area (Å²) in [6, 6.07) is 6.42. The summed E-state index contributed by atoms with van der Waals surface area (Å²) in [6.07, 6.45) is 1.13. The first kappa shape index (κ1) is 13.0. The number of anilines is 2. The van der Waals surface area contributed by atoms with Crippen molar-refractivity contribution in [2.75, 3.05) is 11.4 Å². The van der Waals surface area contributed by atoms with Crippen LogP contribution in [-0.4, -0.2) is 16.6 Å². The molecule has 5 heteroatoms. The van der Waals surface area contributed by atoms with E-state index in [-0.39, 0.29) is 5.82 Å². The highest BCUT2D eigenvalue weighted by molar-refractivity contribution is 7.15. The van der Waals surface area contributed by atoms with Gasteiger partial charge in [0.15, 0.2) is 5.13 Å². The lowest BCUT2D eigenvalue weighted by Crippen LogP contribution is -2.15. The first-order valence-corrected chi connectivity index (χ1v) is 6.60. The van der Waals surface area contributed by atoms with E-state index in [1.165, 1.54) is 23.5 Å². The molecule has 0 aliphatic heterocycles. The number of thiazole rings is 1. The summed E-state index contributed by atoms with van der Waals surface area (Å²) in [5.41, 5.74) is 0.768. The number of hydrogen-bond donors (Lipinski definition) is 1. The van der Waals surface area contributed by atoms with E-state index in [9.17, 15) is 9.50 Å². The third kappa shape index (κ3) is 2.68. The molecule has 0 saturated heterocycles. The van der Waals surface area contributed by atoms with Gasteiger partial charge in [-0.15, -0.1) is 0 Å². The molecule has 2 aromatic rings. The van der Waals surface area contributed by atoms with E-state index >= 15 is 0 Å². The molecule has 18 heavy (non-hydrogen) atoms. The minimum atomic E-state index is -0.525. The molecule has 1 N–H and O–H groups in total. The van der Waals surface area contributed by atoms with Crippen molar-refractivity contribution < 1.29 is 9.50 Å². The maximum atomic E-state index is 13.2. The number of aliphatic hydroxyl groups is 1. The Morgan fingerprint density at radius 2 is 2.28 bits per heavy atom. The van der Waals surface area contributed by atoms with Crippen molar-refractivity contribution in [3.63, 3.8) is 0 Å². The Hall–Kier alpha value is -1.46. The molecule has 96 valence electrons. The summed E-state index contributed by atoms with van der Waals surface area (Å²) in [7, 11) is 0. The fourth-order valence-corrected chi connectivity index (χ4v) is 2.60. The molecule has 0 amide bonds. The highest BCUT2D eigenvalue weighted by Gasteiger charge is 2.14. The molecule has 3 nitrogen and oxygen atoms in total. The van der Waals surface area contributed by atoms with Gasteiger partial charge in [0.1, 0.15) is 5.82 Å². The van der Waals surface area contributed by atoms with E-state index in [4.69, 9.17) is 0 Å². The lowest BCUT2D eigenvalue weighted by atomic mass is 10.3. The third-order valence-electron chi connectivity index (χ3n) is 2.59. The number of hydrogen-bond acceptors (Lipinski definition) is 4. The maximum Gasteiger partial charge on any atom is 0.190 e. The van der Waals surface area contributed by atoms with E-state index in [0.29, 0.717) is 6.54 Å². The summed E-state index contributed by atoms with van der Waals surface area (Å²) in [4.78, 5) is 7.00. The van der Waals surface area contributed by atoms with Gasteiger partial charge in [0.05, 0.1) is 11.0 Å². The molecule has 0 radical (unpaired) electrons. The molecule has 0 spiro atoms. The molecule has 1 aromatic heterocycles. The fraction of sp³-hybridized carbons (Fsp3) is 0.308. The van der Waals surface area contributed by atoms with Crippen LogP contribution in [0.1, 0.15) is 24.8 Å². The molecule has 1 atom stereocenters. The Morgan fingerprint density at radius 3 is 2.83 bits per heavy atom. The number of aliphatic hydroxyl groups excluding tert-OH is 1. The van der Waals surface area contributed by atoms with Crippen molar-refractivity contribution in [2.45, 2.75) is 20.0 Å².